The largest absolute Gasteiger partial charge is 0.459 e. The number of H-pyrrole nitrogens is 1. The Labute approximate surface area is 157 Å². The van der Waals surface area contributed by atoms with E-state index in [0.717, 1.165) is 17.3 Å². The van der Waals surface area contributed by atoms with Crippen LogP contribution in [0, 0.1) is 5.82 Å². The molecule has 0 saturated heterocycles. The number of carbonyl (C=O) groups excluding carboxylic acids is 1. The number of hydrogen-bond acceptors (Lipinski definition) is 6. The molecule has 0 aliphatic heterocycles. The lowest BCUT2D eigenvalue weighted by Gasteiger charge is -2.19. The monoisotopic (exact) mass is 392 g/mol. The summed E-state index contributed by atoms with van der Waals surface area (Å²) < 4.78 is 18.4. The third-order valence-electron chi connectivity index (χ3n) is 3.32. The van der Waals surface area contributed by atoms with Crippen molar-refractivity contribution in [3.8, 4) is 11.1 Å². The van der Waals surface area contributed by atoms with Crippen molar-refractivity contribution < 1.29 is 13.9 Å². The molecule has 5 nitrogen and oxygen atoms in total. The van der Waals surface area contributed by atoms with Gasteiger partial charge in [0.05, 0.1) is 11.1 Å². The fourth-order valence-corrected chi connectivity index (χ4v) is 3.98. The van der Waals surface area contributed by atoms with Crippen molar-refractivity contribution in [1.29, 1.82) is 0 Å². The lowest BCUT2D eigenvalue weighted by Crippen LogP contribution is -2.25. The highest BCUT2D eigenvalue weighted by Gasteiger charge is 2.18. The number of nitrogens with one attached hydrogen (secondary N) is 1. The molecule has 0 amide bonds. The van der Waals surface area contributed by atoms with Gasteiger partial charge in [-0.05, 0) is 38.5 Å². The highest BCUT2D eigenvalue weighted by molar-refractivity contribution is 7.99. The van der Waals surface area contributed by atoms with Gasteiger partial charge in [-0.1, -0.05) is 23.9 Å². The van der Waals surface area contributed by atoms with Gasteiger partial charge < -0.3 is 9.72 Å². The SMILES string of the molecule is CC(C)(C)OC(=O)CSc1nc2scc(-c3ccc(F)cc3)c2c(=O)[nH]1. The molecule has 0 aliphatic rings. The van der Waals surface area contributed by atoms with E-state index < -0.39 is 5.60 Å². The van der Waals surface area contributed by atoms with Crippen LogP contribution in [0.25, 0.3) is 21.3 Å². The molecule has 0 radical (unpaired) electrons. The fourth-order valence-electron chi connectivity index (χ4n) is 2.34. The zero-order valence-electron chi connectivity index (χ0n) is 14.5. The maximum Gasteiger partial charge on any atom is 0.316 e. The Bertz CT molecular complexity index is 1000. The van der Waals surface area contributed by atoms with Gasteiger partial charge in [-0.25, -0.2) is 9.37 Å². The second-order valence-electron chi connectivity index (χ2n) is 6.58. The zero-order valence-corrected chi connectivity index (χ0v) is 16.1. The number of hydrogen-bond donors (Lipinski definition) is 1. The minimum absolute atomic E-state index is 0.0575. The molecule has 3 rings (SSSR count). The van der Waals surface area contributed by atoms with Crippen molar-refractivity contribution in [2.75, 3.05) is 5.75 Å². The van der Waals surface area contributed by atoms with Crippen LogP contribution in [0.2, 0.25) is 0 Å². The molecule has 1 aromatic carbocycles. The summed E-state index contributed by atoms with van der Waals surface area (Å²) in [6, 6.07) is 5.96. The molecular weight excluding hydrogens is 375 g/mol. The van der Waals surface area contributed by atoms with E-state index >= 15 is 0 Å². The summed E-state index contributed by atoms with van der Waals surface area (Å²) >= 11 is 2.45. The smallest absolute Gasteiger partial charge is 0.316 e. The molecule has 0 saturated carbocycles. The van der Waals surface area contributed by atoms with Gasteiger partial charge in [-0.2, -0.15) is 0 Å². The van der Waals surface area contributed by atoms with Crippen molar-refractivity contribution in [2.45, 2.75) is 31.5 Å². The highest BCUT2D eigenvalue weighted by Crippen LogP contribution is 2.31. The average molecular weight is 392 g/mol. The molecule has 1 N–H and O–H groups in total. The molecule has 0 atom stereocenters. The number of ether oxygens (including phenoxy) is 1. The Morgan fingerprint density at radius 1 is 1.31 bits per heavy atom. The summed E-state index contributed by atoms with van der Waals surface area (Å²) in [4.78, 5) is 32.0. The number of thioether (sulfide) groups is 1. The van der Waals surface area contributed by atoms with E-state index in [-0.39, 0.29) is 23.1 Å². The number of carbonyl (C=O) groups is 1. The van der Waals surface area contributed by atoms with Crippen LogP contribution in [-0.2, 0) is 9.53 Å². The topological polar surface area (TPSA) is 72.0 Å². The number of rotatable bonds is 4. The van der Waals surface area contributed by atoms with Crippen LogP contribution < -0.4 is 5.56 Å². The molecular formula is C18H17FN2O3S2. The van der Waals surface area contributed by atoms with Gasteiger partial charge in [0, 0.05) is 10.9 Å². The number of benzene rings is 1. The molecule has 0 fully saturated rings. The quantitative estimate of drug-likeness (QED) is 0.409. The van der Waals surface area contributed by atoms with Crippen molar-refractivity contribution in [2.24, 2.45) is 0 Å². The third kappa shape index (κ3) is 4.31. The highest BCUT2D eigenvalue weighted by atomic mass is 32.2. The molecule has 0 spiro atoms. The van der Waals surface area contributed by atoms with Crippen molar-refractivity contribution in [3.63, 3.8) is 0 Å². The first-order valence-electron chi connectivity index (χ1n) is 7.85. The molecule has 2 aromatic heterocycles. The third-order valence-corrected chi connectivity index (χ3v) is 5.04. The zero-order chi connectivity index (χ0) is 18.9. The molecule has 0 aliphatic carbocycles. The number of fused-ring (bicyclic) bond motifs is 1. The lowest BCUT2D eigenvalue weighted by molar-refractivity contribution is -0.151. The maximum absolute atomic E-state index is 13.1. The van der Waals surface area contributed by atoms with E-state index in [1.807, 2.05) is 5.38 Å². The van der Waals surface area contributed by atoms with Crippen molar-refractivity contribution in [1.82, 2.24) is 9.97 Å². The first-order chi connectivity index (χ1) is 12.2. The van der Waals surface area contributed by atoms with Gasteiger partial charge in [0.2, 0.25) is 0 Å². The van der Waals surface area contributed by atoms with Gasteiger partial charge in [-0.15, -0.1) is 11.3 Å². The molecule has 0 unspecified atom stereocenters. The van der Waals surface area contributed by atoms with E-state index in [1.165, 1.54) is 23.5 Å². The van der Waals surface area contributed by atoms with E-state index in [9.17, 15) is 14.0 Å². The summed E-state index contributed by atoms with van der Waals surface area (Å²) in [6.45, 7) is 5.39. The number of thiophene rings is 1. The summed E-state index contributed by atoms with van der Waals surface area (Å²) in [5.41, 5.74) is 0.615. The first kappa shape index (κ1) is 18.6. The van der Waals surface area contributed by atoms with Gasteiger partial charge >= 0.3 is 5.97 Å². The number of aromatic nitrogens is 2. The van der Waals surface area contributed by atoms with Crippen molar-refractivity contribution >= 4 is 39.3 Å². The Morgan fingerprint density at radius 3 is 2.65 bits per heavy atom. The summed E-state index contributed by atoms with van der Waals surface area (Å²) in [5, 5.41) is 2.65. The van der Waals surface area contributed by atoms with E-state index in [2.05, 4.69) is 9.97 Å². The normalized spacial score (nSPS) is 11.7. The van der Waals surface area contributed by atoms with Crippen LogP contribution in [0.3, 0.4) is 0 Å². The molecule has 0 bridgehead atoms. The molecule has 2 heterocycles. The van der Waals surface area contributed by atoms with Crippen LogP contribution in [0.15, 0.2) is 39.6 Å². The summed E-state index contributed by atoms with van der Waals surface area (Å²) in [5.74, 6) is -0.647. The summed E-state index contributed by atoms with van der Waals surface area (Å²) in [6.07, 6.45) is 0. The Hall–Kier alpha value is -2.19. The average Bonchev–Trinajstić information content (AvgIpc) is 2.96. The Morgan fingerprint density at radius 2 is 2.00 bits per heavy atom. The Kier molecular flexibility index (Phi) is 5.15. The predicted octanol–water partition coefficient (Wildman–Crippen LogP) is 4.22. The Balaban J connectivity index is 1.85. The number of halogens is 1. The van der Waals surface area contributed by atoms with Gasteiger partial charge in [-0.3, -0.25) is 9.59 Å². The predicted molar refractivity (Wildman–Crippen MR) is 102 cm³/mol. The van der Waals surface area contributed by atoms with Crippen LogP contribution in [0.4, 0.5) is 4.39 Å². The van der Waals surface area contributed by atoms with Gasteiger partial charge in [0.1, 0.15) is 16.2 Å². The van der Waals surface area contributed by atoms with Crippen LogP contribution in [-0.4, -0.2) is 27.3 Å². The number of esters is 1. The van der Waals surface area contributed by atoms with Gasteiger partial charge in [0.15, 0.2) is 5.16 Å². The van der Waals surface area contributed by atoms with Gasteiger partial charge in [0.25, 0.3) is 5.56 Å². The van der Waals surface area contributed by atoms with Crippen LogP contribution in [0.5, 0.6) is 0 Å². The van der Waals surface area contributed by atoms with E-state index in [4.69, 9.17) is 4.74 Å². The van der Waals surface area contributed by atoms with Crippen LogP contribution in [0.1, 0.15) is 20.8 Å². The second-order valence-corrected chi connectivity index (χ2v) is 8.40. The lowest BCUT2D eigenvalue weighted by atomic mass is 10.1. The fraction of sp³-hybridized carbons (Fsp3) is 0.278. The molecule has 3 aromatic rings. The molecule has 8 heteroatoms. The number of aromatic amines is 1. The van der Waals surface area contributed by atoms with E-state index in [1.54, 1.807) is 32.9 Å². The second kappa shape index (κ2) is 7.20. The minimum atomic E-state index is -0.555. The van der Waals surface area contributed by atoms with E-state index in [0.29, 0.717) is 20.9 Å². The minimum Gasteiger partial charge on any atom is -0.459 e. The van der Waals surface area contributed by atoms with Crippen LogP contribution >= 0.6 is 23.1 Å². The first-order valence-corrected chi connectivity index (χ1v) is 9.71. The maximum atomic E-state index is 13.1. The number of nitrogens with zero attached hydrogens (tertiary/aromatic N) is 1. The molecule has 136 valence electrons. The molecule has 26 heavy (non-hydrogen) atoms. The standard InChI is InChI=1S/C18H17FN2O3S2/c1-18(2,3)24-13(22)9-26-17-20-15(23)14-12(8-25-16(14)21-17)10-4-6-11(19)7-5-10/h4-8H,9H2,1-3H3,(H,20,21,23). The summed E-state index contributed by atoms with van der Waals surface area (Å²) in [7, 11) is 0. The van der Waals surface area contributed by atoms with Crippen molar-refractivity contribution in [3.05, 3.63) is 45.8 Å².